The van der Waals surface area contributed by atoms with Gasteiger partial charge in [0, 0.05) is 50.3 Å². The summed E-state index contributed by atoms with van der Waals surface area (Å²) in [6.45, 7) is 5.29. The first-order valence-corrected chi connectivity index (χ1v) is 11.4. The van der Waals surface area contributed by atoms with E-state index in [4.69, 9.17) is 9.94 Å². The van der Waals surface area contributed by atoms with Crippen molar-refractivity contribution >= 4 is 17.9 Å². The van der Waals surface area contributed by atoms with Gasteiger partial charge in [-0.05, 0) is 65.2 Å². The van der Waals surface area contributed by atoms with E-state index >= 15 is 0 Å². The van der Waals surface area contributed by atoms with Gasteiger partial charge in [-0.2, -0.15) is 0 Å². The minimum absolute atomic E-state index is 0.402. The van der Waals surface area contributed by atoms with Crippen molar-refractivity contribution in [3.63, 3.8) is 0 Å². The Kier molecular flexibility index (Phi) is 7.42. The predicted molar refractivity (Wildman–Crippen MR) is 123 cm³/mol. The molecule has 31 heavy (non-hydrogen) atoms. The maximum absolute atomic E-state index is 11.5. The highest BCUT2D eigenvalue weighted by atomic mass is 32.2. The molecule has 0 saturated carbocycles. The first-order valence-electron chi connectivity index (χ1n) is 10.7. The maximum Gasteiger partial charge on any atom is 0.270 e. The summed E-state index contributed by atoms with van der Waals surface area (Å²) >= 11 is 1.70. The molecule has 0 saturated heterocycles. The van der Waals surface area contributed by atoms with Gasteiger partial charge in [-0.25, -0.2) is 9.79 Å². The van der Waals surface area contributed by atoms with Gasteiger partial charge in [-0.1, -0.05) is 30.3 Å². The number of nitrogens with zero attached hydrogens (tertiary/aromatic N) is 2. The molecule has 2 N–H and O–H groups in total. The van der Waals surface area contributed by atoms with Crippen molar-refractivity contribution in [3.8, 4) is 11.1 Å². The standard InChI is InChI=1S/C24H29N3O3S/c1-30-15-14-26-11-8-19-2-3-21(16-22(19)17-26)18-4-6-23(7-5-18)31-27-12-9-20(10-13-27)24(28)25-29/h2-7,9,16,29H,8,10-15,17H2,1H3,(H,25,28). The predicted octanol–water partition coefficient (Wildman–Crippen LogP) is 3.50. The monoisotopic (exact) mass is 439 g/mol. The van der Waals surface area contributed by atoms with Crippen LogP contribution in [0.15, 0.2) is 59.0 Å². The number of carbonyl (C=O) groups is 1. The number of methoxy groups -OCH3 is 1. The average molecular weight is 440 g/mol. The molecule has 0 atom stereocenters. The van der Waals surface area contributed by atoms with E-state index in [1.54, 1.807) is 24.5 Å². The summed E-state index contributed by atoms with van der Waals surface area (Å²) in [7, 11) is 1.76. The minimum Gasteiger partial charge on any atom is -0.383 e. The van der Waals surface area contributed by atoms with E-state index in [2.05, 4.69) is 51.7 Å². The molecule has 1 amide bonds. The summed E-state index contributed by atoms with van der Waals surface area (Å²) < 4.78 is 7.45. The largest absolute Gasteiger partial charge is 0.383 e. The summed E-state index contributed by atoms with van der Waals surface area (Å²) in [4.78, 5) is 15.1. The Bertz CT molecular complexity index is 946. The zero-order chi connectivity index (χ0) is 21.6. The number of hydroxylamine groups is 1. The highest BCUT2D eigenvalue weighted by molar-refractivity contribution is 7.97. The second kappa shape index (κ2) is 10.4. The lowest BCUT2D eigenvalue weighted by atomic mass is 9.95. The zero-order valence-corrected chi connectivity index (χ0v) is 18.7. The van der Waals surface area contributed by atoms with Gasteiger partial charge in [0.15, 0.2) is 0 Å². The minimum atomic E-state index is -0.402. The zero-order valence-electron chi connectivity index (χ0n) is 17.8. The van der Waals surface area contributed by atoms with Crippen molar-refractivity contribution in [1.82, 2.24) is 14.7 Å². The van der Waals surface area contributed by atoms with Crippen molar-refractivity contribution in [2.45, 2.75) is 24.3 Å². The lowest BCUT2D eigenvalue weighted by Gasteiger charge is -2.29. The van der Waals surface area contributed by atoms with Gasteiger partial charge in [0.05, 0.1) is 6.61 Å². The molecule has 2 heterocycles. The van der Waals surface area contributed by atoms with Crippen LogP contribution in [-0.4, -0.2) is 60.2 Å². The second-order valence-electron chi connectivity index (χ2n) is 7.93. The molecule has 164 valence electrons. The third kappa shape index (κ3) is 5.56. The number of nitrogens with one attached hydrogen (secondary N) is 1. The number of rotatable bonds is 7. The topological polar surface area (TPSA) is 65.0 Å². The van der Waals surface area contributed by atoms with Crippen LogP contribution in [0.1, 0.15) is 17.5 Å². The first-order chi connectivity index (χ1) is 15.2. The van der Waals surface area contributed by atoms with Crippen LogP contribution in [0.4, 0.5) is 0 Å². The van der Waals surface area contributed by atoms with E-state index in [0.29, 0.717) is 18.5 Å². The lowest BCUT2D eigenvalue weighted by Crippen LogP contribution is -2.33. The number of amides is 1. The molecule has 2 aliphatic rings. The number of benzene rings is 2. The normalized spacial score (nSPS) is 17.2. The van der Waals surface area contributed by atoms with Gasteiger partial charge in [-0.3, -0.25) is 14.9 Å². The molecule has 2 aromatic rings. The van der Waals surface area contributed by atoms with Crippen LogP contribution in [0.5, 0.6) is 0 Å². The van der Waals surface area contributed by atoms with E-state index in [9.17, 15) is 4.79 Å². The average Bonchev–Trinajstić information content (AvgIpc) is 2.82. The van der Waals surface area contributed by atoms with Gasteiger partial charge in [0.2, 0.25) is 0 Å². The first kappa shape index (κ1) is 22.0. The van der Waals surface area contributed by atoms with Crippen LogP contribution in [-0.2, 0) is 22.5 Å². The smallest absolute Gasteiger partial charge is 0.270 e. The molecular weight excluding hydrogens is 410 g/mol. The van der Waals surface area contributed by atoms with E-state index in [-0.39, 0.29) is 0 Å². The quantitative estimate of drug-likeness (QED) is 0.391. The number of carbonyl (C=O) groups excluding carboxylic acids is 1. The highest BCUT2D eigenvalue weighted by Crippen LogP contribution is 2.30. The van der Waals surface area contributed by atoms with Gasteiger partial charge in [-0.15, -0.1) is 0 Å². The summed E-state index contributed by atoms with van der Waals surface area (Å²) in [5.74, 6) is -0.402. The lowest BCUT2D eigenvalue weighted by molar-refractivity contribution is -0.125. The molecule has 0 fully saturated rings. The Balaban J connectivity index is 1.39. The van der Waals surface area contributed by atoms with Crippen LogP contribution in [0.2, 0.25) is 0 Å². The summed E-state index contributed by atoms with van der Waals surface area (Å²) in [6.07, 6.45) is 3.61. The van der Waals surface area contributed by atoms with Crippen LogP contribution < -0.4 is 5.48 Å². The van der Waals surface area contributed by atoms with Crippen LogP contribution in [0.3, 0.4) is 0 Å². The fourth-order valence-electron chi connectivity index (χ4n) is 4.08. The Hall–Kier alpha value is -2.16. The molecule has 0 aliphatic carbocycles. The third-order valence-corrected chi connectivity index (χ3v) is 6.97. The Morgan fingerprint density at radius 3 is 2.61 bits per heavy atom. The second-order valence-corrected chi connectivity index (χ2v) is 9.10. The SMILES string of the molecule is COCCN1CCc2ccc(-c3ccc(SN4CC=C(C(=O)NO)CC4)cc3)cc2C1. The van der Waals surface area contributed by atoms with Crippen LogP contribution >= 0.6 is 11.9 Å². The molecule has 0 bridgehead atoms. The molecule has 4 rings (SSSR count). The van der Waals surface area contributed by atoms with Crippen LogP contribution in [0.25, 0.3) is 11.1 Å². The Labute approximate surface area is 188 Å². The van der Waals surface area contributed by atoms with Crippen molar-refractivity contribution in [2.24, 2.45) is 0 Å². The summed E-state index contributed by atoms with van der Waals surface area (Å²) in [6, 6.07) is 15.5. The number of hydrogen-bond acceptors (Lipinski definition) is 6. The maximum atomic E-state index is 11.5. The Morgan fingerprint density at radius 2 is 1.90 bits per heavy atom. The van der Waals surface area contributed by atoms with E-state index < -0.39 is 5.91 Å². The van der Waals surface area contributed by atoms with Crippen molar-refractivity contribution in [2.75, 3.05) is 39.9 Å². The van der Waals surface area contributed by atoms with Gasteiger partial charge < -0.3 is 4.74 Å². The third-order valence-electron chi connectivity index (χ3n) is 5.90. The van der Waals surface area contributed by atoms with E-state index in [0.717, 1.165) is 39.2 Å². The van der Waals surface area contributed by atoms with Gasteiger partial charge in [0.25, 0.3) is 5.91 Å². The molecule has 2 aliphatic heterocycles. The van der Waals surface area contributed by atoms with E-state index in [1.165, 1.54) is 27.1 Å². The molecule has 2 aromatic carbocycles. The summed E-state index contributed by atoms with van der Waals surface area (Å²) in [5.41, 5.74) is 7.70. The fourth-order valence-corrected chi connectivity index (χ4v) is 4.96. The Morgan fingerprint density at radius 1 is 1.10 bits per heavy atom. The van der Waals surface area contributed by atoms with Gasteiger partial charge >= 0.3 is 0 Å². The summed E-state index contributed by atoms with van der Waals surface area (Å²) in [5, 5.41) is 8.75. The molecule has 7 heteroatoms. The molecule has 0 radical (unpaired) electrons. The molecule has 6 nitrogen and oxygen atoms in total. The molecule has 0 spiro atoms. The van der Waals surface area contributed by atoms with Crippen molar-refractivity contribution in [3.05, 3.63) is 65.2 Å². The van der Waals surface area contributed by atoms with Gasteiger partial charge in [0.1, 0.15) is 0 Å². The number of ether oxygens (including phenoxy) is 1. The van der Waals surface area contributed by atoms with Crippen molar-refractivity contribution in [1.29, 1.82) is 0 Å². The fraction of sp³-hybridized carbons (Fsp3) is 0.375. The highest BCUT2D eigenvalue weighted by Gasteiger charge is 2.18. The number of fused-ring (bicyclic) bond motifs is 1. The van der Waals surface area contributed by atoms with Crippen LogP contribution in [0, 0.1) is 0 Å². The molecule has 0 unspecified atom stereocenters. The van der Waals surface area contributed by atoms with Crippen molar-refractivity contribution < 1.29 is 14.7 Å². The van der Waals surface area contributed by atoms with E-state index in [1.807, 2.05) is 6.08 Å². The molecular formula is C24H29N3O3S. The molecule has 0 aromatic heterocycles. The number of hydrogen-bond donors (Lipinski definition) is 2.